The van der Waals surface area contributed by atoms with Crippen LogP contribution in [0.15, 0.2) is 35.1 Å². The standard InChI is InChI=1S/C12H10BrFN4O/c1-15-11-6-16-10(5-17-11)12(19)18-9-3-2-7(14)4-8(9)13/h2-6H,1H3,(H,15,17)(H,18,19). The summed E-state index contributed by atoms with van der Waals surface area (Å²) in [7, 11) is 1.71. The number of benzene rings is 1. The summed E-state index contributed by atoms with van der Waals surface area (Å²) in [5.41, 5.74) is 0.640. The van der Waals surface area contributed by atoms with E-state index < -0.39 is 5.91 Å². The highest BCUT2D eigenvalue weighted by molar-refractivity contribution is 9.10. The van der Waals surface area contributed by atoms with E-state index in [-0.39, 0.29) is 11.5 Å². The van der Waals surface area contributed by atoms with Crippen LogP contribution in [0.1, 0.15) is 10.5 Å². The third-order valence-corrected chi connectivity index (χ3v) is 2.98. The third-order valence-electron chi connectivity index (χ3n) is 2.32. The molecule has 0 spiro atoms. The summed E-state index contributed by atoms with van der Waals surface area (Å²) >= 11 is 3.17. The van der Waals surface area contributed by atoms with Crippen LogP contribution in [0.3, 0.4) is 0 Å². The molecule has 1 aromatic carbocycles. The number of halogens is 2. The zero-order valence-electron chi connectivity index (χ0n) is 9.95. The summed E-state index contributed by atoms with van der Waals surface area (Å²) in [5.74, 6) is -0.231. The normalized spacial score (nSPS) is 10.1. The van der Waals surface area contributed by atoms with Gasteiger partial charge in [0.15, 0.2) is 0 Å². The van der Waals surface area contributed by atoms with Crippen LogP contribution in [-0.2, 0) is 0 Å². The van der Waals surface area contributed by atoms with Crippen LogP contribution in [-0.4, -0.2) is 22.9 Å². The molecule has 7 heteroatoms. The number of anilines is 2. The Labute approximate surface area is 117 Å². The lowest BCUT2D eigenvalue weighted by Gasteiger charge is -2.07. The zero-order chi connectivity index (χ0) is 13.8. The van der Waals surface area contributed by atoms with Gasteiger partial charge < -0.3 is 10.6 Å². The first kappa shape index (κ1) is 13.4. The van der Waals surface area contributed by atoms with Crippen molar-refractivity contribution in [3.8, 4) is 0 Å². The second-order valence-corrected chi connectivity index (χ2v) is 4.47. The van der Waals surface area contributed by atoms with Crippen LogP contribution < -0.4 is 10.6 Å². The van der Waals surface area contributed by atoms with Crippen LogP contribution in [0.4, 0.5) is 15.9 Å². The monoisotopic (exact) mass is 324 g/mol. The van der Waals surface area contributed by atoms with Crippen LogP contribution in [0.5, 0.6) is 0 Å². The summed E-state index contributed by atoms with van der Waals surface area (Å²) in [5, 5.41) is 5.42. The van der Waals surface area contributed by atoms with E-state index in [0.717, 1.165) is 0 Å². The molecule has 0 unspecified atom stereocenters. The van der Waals surface area contributed by atoms with Gasteiger partial charge in [0, 0.05) is 11.5 Å². The number of hydrogen-bond donors (Lipinski definition) is 2. The largest absolute Gasteiger partial charge is 0.372 e. The van der Waals surface area contributed by atoms with Crippen LogP contribution >= 0.6 is 15.9 Å². The number of nitrogens with zero attached hydrogens (tertiary/aromatic N) is 2. The molecule has 19 heavy (non-hydrogen) atoms. The van der Waals surface area contributed by atoms with Crippen LogP contribution in [0.25, 0.3) is 0 Å². The average molecular weight is 325 g/mol. The Morgan fingerprint density at radius 1 is 1.32 bits per heavy atom. The van der Waals surface area contributed by atoms with E-state index in [9.17, 15) is 9.18 Å². The Bertz CT molecular complexity index is 603. The molecule has 0 aliphatic rings. The van der Waals surface area contributed by atoms with E-state index in [4.69, 9.17) is 0 Å². The van der Waals surface area contributed by atoms with Crippen molar-refractivity contribution < 1.29 is 9.18 Å². The predicted octanol–water partition coefficient (Wildman–Crippen LogP) is 2.67. The highest BCUT2D eigenvalue weighted by Crippen LogP contribution is 2.23. The highest BCUT2D eigenvalue weighted by Gasteiger charge is 2.10. The van der Waals surface area contributed by atoms with Gasteiger partial charge in [0.25, 0.3) is 5.91 Å². The van der Waals surface area contributed by atoms with Crippen molar-refractivity contribution in [2.75, 3.05) is 17.7 Å². The van der Waals surface area contributed by atoms with Crippen molar-refractivity contribution in [3.05, 3.63) is 46.6 Å². The van der Waals surface area contributed by atoms with Crippen molar-refractivity contribution in [3.63, 3.8) is 0 Å². The number of hydrogen-bond acceptors (Lipinski definition) is 4. The van der Waals surface area contributed by atoms with Gasteiger partial charge in [-0.1, -0.05) is 0 Å². The minimum Gasteiger partial charge on any atom is -0.372 e. The first-order chi connectivity index (χ1) is 9.10. The second-order valence-electron chi connectivity index (χ2n) is 3.62. The molecule has 0 atom stereocenters. The summed E-state index contributed by atoms with van der Waals surface area (Å²) in [6, 6.07) is 3.99. The topological polar surface area (TPSA) is 66.9 Å². The molecule has 0 aliphatic heterocycles. The number of rotatable bonds is 3. The van der Waals surface area contributed by atoms with Gasteiger partial charge in [-0.3, -0.25) is 4.79 Å². The number of carbonyl (C=O) groups is 1. The van der Waals surface area contributed by atoms with Gasteiger partial charge >= 0.3 is 0 Å². The van der Waals surface area contributed by atoms with Crippen LogP contribution in [0, 0.1) is 5.82 Å². The Balaban J connectivity index is 2.15. The van der Waals surface area contributed by atoms with E-state index >= 15 is 0 Å². The average Bonchev–Trinajstić information content (AvgIpc) is 2.42. The molecule has 2 rings (SSSR count). The molecule has 0 saturated carbocycles. The van der Waals surface area contributed by atoms with Crippen molar-refractivity contribution in [2.45, 2.75) is 0 Å². The van der Waals surface area contributed by atoms with Gasteiger partial charge in [-0.05, 0) is 34.1 Å². The minimum atomic E-state index is -0.414. The molecule has 0 aliphatic carbocycles. The van der Waals surface area contributed by atoms with Gasteiger partial charge in [-0.15, -0.1) is 0 Å². The second kappa shape index (κ2) is 5.75. The first-order valence-corrected chi connectivity index (χ1v) is 6.15. The van der Waals surface area contributed by atoms with Gasteiger partial charge in [0.2, 0.25) is 0 Å². The molecule has 2 aromatic rings. The molecule has 2 N–H and O–H groups in total. The molecule has 98 valence electrons. The zero-order valence-corrected chi connectivity index (χ0v) is 11.5. The fourth-order valence-electron chi connectivity index (χ4n) is 1.35. The molecular weight excluding hydrogens is 315 g/mol. The minimum absolute atomic E-state index is 0.176. The maximum absolute atomic E-state index is 12.9. The van der Waals surface area contributed by atoms with Crippen molar-refractivity contribution >= 4 is 33.3 Å². The molecule has 0 radical (unpaired) electrons. The fourth-order valence-corrected chi connectivity index (χ4v) is 1.80. The van der Waals surface area contributed by atoms with Gasteiger partial charge in [0.1, 0.15) is 17.3 Å². The molecule has 0 bridgehead atoms. The first-order valence-electron chi connectivity index (χ1n) is 5.36. The van der Waals surface area contributed by atoms with E-state index in [1.807, 2.05) is 0 Å². The van der Waals surface area contributed by atoms with Gasteiger partial charge in [-0.2, -0.15) is 0 Å². The summed E-state index contributed by atoms with van der Waals surface area (Å²) in [4.78, 5) is 19.9. The van der Waals surface area contributed by atoms with Crippen molar-refractivity contribution in [1.82, 2.24) is 9.97 Å². The number of carbonyl (C=O) groups excluding carboxylic acids is 1. The molecule has 0 saturated heterocycles. The molecule has 1 amide bonds. The molecule has 1 heterocycles. The number of aromatic nitrogens is 2. The SMILES string of the molecule is CNc1cnc(C(=O)Nc2ccc(F)cc2Br)cn1. The fraction of sp³-hybridized carbons (Fsp3) is 0.0833. The predicted molar refractivity (Wildman–Crippen MR) is 73.6 cm³/mol. The Hall–Kier alpha value is -2.02. The molecule has 1 aromatic heterocycles. The quantitative estimate of drug-likeness (QED) is 0.910. The maximum atomic E-state index is 12.9. The Morgan fingerprint density at radius 3 is 2.68 bits per heavy atom. The molecule has 5 nitrogen and oxygen atoms in total. The highest BCUT2D eigenvalue weighted by atomic mass is 79.9. The number of nitrogens with one attached hydrogen (secondary N) is 2. The lowest BCUT2D eigenvalue weighted by Crippen LogP contribution is -2.14. The lowest BCUT2D eigenvalue weighted by molar-refractivity contribution is 0.102. The third kappa shape index (κ3) is 3.25. The lowest BCUT2D eigenvalue weighted by atomic mass is 10.3. The van der Waals surface area contributed by atoms with E-state index in [2.05, 4.69) is 36.5 Å². The summed E-state index contributed by atoms with van der Waals surface area (Å²) in [6.07, 6.45) is 2.81. The summed E-state index contributed by atoms with van der Waals surface area (Å²) in [6.45, 7) is 0. The Morgan fingerprint density at radius 2 is 2.11 bits per heavy atom. The number of amides is 1. The van der Waals surface area contributed by atoms with Gasteiger partial charge in [-0.25, -0.2) is 14.4 Å². The smallest absolute Gasteiger partial charge is 0.275 e. The van der Waals surface area contributed by atoms with Crippen molar-refractivity contribution in [1.29, 1.82) is 0 Å². The molecular formula is C12H10BrFN4O. The van der Waals surface area contributed by atoms with E-state index in [0.29, 0.717) is 16.0 Å². The summed E-state index contributed by atoms with van der Waals surface area (Å²) < 4.78 is 13.4. The Kier molecular flexibility index (Phi) is 4.06. The van der Waals surface area contributed by atoms with E-state index in [1.54, 1.807) is 7.05 Å². The molecule has 0 fully saturated rings. The van der Waals surface area contributed by atoms with Crippen molar-refractivity contribution in [2.24, 2.45) is 0 Å². The van der Waals surface area contributed by atoms with Crippen LogP contribution in [0.2, 0.25) is 0 Å². The van der Waals surface area contributed by atoms with Gasteiger partial charge in [0.05, 0.1) is 18.1 Å². The maximum Gasteiger partial charge on any atom is 0.275 e. The van der Waals surface area contributed by atoms with E-state index in [1.165, 1.54) is 30.6 Å².